The topological polar surface area (TPSA) is 61.4 Å². The number of carbonyl (C=O) groups excluding carboxylic acids is 1. The maximum Gasteiger partial charge on any atom is 0.224 e. The van der Waals surface area contributed by atoms with Crippen LogP contribution >= 0.6 is 12.4 Å². The molecule has 1 saturated carbocycles. The number of halogens is 1. The van der Waals surface area contributed by atoms with Gasteiger partial charge in [-0.1, -0.05) is 12.8 Å². The third kappa shape index (κ3) is 4.12. The molecular formula is C12H23ClN2O2. The van der Waals surface area contributed by atoms with Crippen molar-refractivity contribution in [1.82, 2.24) is 10.6 Å². The fourth-order valence-electron chi connectivity index (χ4n) is 2.66. The predicted molar refractivity (Wildman–Crippen MR) is 69.2 cm³/mol. The third-order valence-electron chi connectivity index (χ3n) is 3.72. The van der Waals surface area contributed by atoms with E-state index in [0.29, 0.717) is 0 Å². The lowest BCUT2D eigenvalue weighted by Crippen LogP contribution is -2.49. The lowest BCUT2D eigenvalue weighted by atomic mass is 9.91. The zero-order chi connectivity index (χ0) is 11.4. The molecular weight excluding hydrogens is 240 g/mol. The number of aliphatic hydroxyl groups is 1. The number of nitrogens with one attached hydrogen (secondary N) is 2. The fraction of sp³-hybridized carbons (Fsp3) is 0.917. The second-order valence-electron chi connectivity index (χ2n) is 5.01. The molecule has 0 aromatic heterocycles. The molecule has 0 aromatic carbocycles. The van der Waals surface area contributed by atoms with E-state index in [-0.39, 0.29) is 36.4 Å². The molecule has 1 saturated heterocycles. The Kier molecular flexibility index (Phi) is 6.23. The number of piperidine rings is 1. The summed E-state index contributed by atoms with van der Waals surface area (Å²) >= 11 is 0. The van der Waals surface area contributed by atoms with Crippen molar-refractivity contribution >= 4 is 18.3 Å². The summed E-state index contributed by atoms with van der Waals surface area (Å²) in [7, 11) is 0. The number of rotatable bonds is 2. The Balaban J connectivity index is 0.00000144. The van der Waals surface area contributed by atoms with Gasteiger partial charge >= 0.3 is 0 Å². The lowest BCUT2D eigenvalue weighted by molar-refractivity contribution is -0.127. The van der Waals surface area contributed by atoms with E-state index in [1.807, 2.05) is 0 Å². The van der Waals surface area contributed by atoms with Crippen LogP contribution in [0.25, 0.3) is 0 Å². The molecule has 0 bridgehead atoms. The van der Waals surface area contributed by atoms with Crippen molar-refractivity contribution in [3.05, 3.63) is 0 Å². The molecule has 17 heavy (non-hydrogen) atoms. The first kappa shape index (κ1) is 14.7. The van der Waals surface area contributed by atoms with E-state index >= 15 is 0 Å². The first-order valence-electron chi connectivity index (χ1n) is 6.46. The summed E-state index contributed by atoms with van der Waals surface area (Å²) in [5.41, 5.74) is 0. The maximum atomic E-state index is 11.9. The molecule has 100 valence electrons. The Morgan fingerprint density at radius 2 is 1.94 bits per heavy atom. The summed E-state index contributed by atoms with van der Waals surface area (Å²) in [6.45, 7) is 1.81. The van der Waals surface area contributed by atoms with Crippen LogP contribution in [0.5, 0.6) is 0 Å². The van der Waals surface area contributed by atoms with Gasteiger partial charge in [0.15, 0.2) is 0 Å². The molecule has 2 aliphatic rings. The summed E-state index contributed by atoms with van der Waals surface area (Å²) in [5.74, 6) is 0.223. The second-order valence-corrected chi connectivity index (χ2v) is 5.01. The zero-order valence-corrected chi connectivity index (χ0v) is 11.0. The molecule has 0 radical (unpaired) electrons. The van der Waals surface area contributed by atoms with E-state index in [2.05, 4.69) is 10.6 Å². The highest BCUT2D eigenvalue weighted by Crippen LogP contribution is 2.19. The normalized spacial score (nSPS) is 33.6. The molecule has 2 rings (SSSR count). The SMILES string of the molecule is Cl.O=C(N[C@H]1CCCC[C@@H]1O)C1CCCNC1. The van der Waals surface area contributed by atoms with Crippen LogP contribution < -0.4 is 10.6 Å². The first-order chi connectivity index (χ1) is 7.77. The van der Waals surface area contributed by atoms with Gasteiger partial charge in [-0.05, 0) is 32.2 Å². The Bertz CT molecular complexity index is 245. The van der Waals surface area contributed by atoms with Crippen molar-refractivity contribution in [1.29, 1.82) is 0 Å². The van der Waals surface area contributed by atoms with Crippen molar-refractivity contribution in [3.8, 4) is 0 Å². The minimum absolute atomic E-state index is 0. The fourth-order valence-corrected chi connectivity index (χ4v) is 2.66. The van der Waals surface area contributed by atoms with Crippen molar-refractivity contribution in [2.75, 3.05) is 13.1 Å². The molecule has 3 atom stereocenters. The van der Waals surface area contributed by atoms with E-state index in [4.69, 9.17) is 0 Å². The van der Waals surface area contributed by atoms with E-state index in [0.717, 1.165) is 51.6 Å². The Morgan fingerprint density at radius 1 is 1.18 bits per heavy atom. The van der Waals surface area contributed by atoms with Gasteiger partial charge in [-0.15, -0.1) is 12.4 Å². The molecule has 0 aromatic rings. The molecule has 1 heterocycles. The summed E-state index contributed by atoms with van der Waals surface area (Å²) in [6.07, 6.45) is 5.66. The standard InChI is InChI=1S/C12H22N2O2.ClH/c15-11-6-2-1-5-10(11)14-12(16)9-4-3-7-13-8-9;/h9-11,13,15H,1-8H2,(H,14,16);1H/t9?,10-,11-;/m0./s1. The van der Waals surface area contributed by atoms with Gasteiger partial charge < -0.3 is 15.7 Å². The Hall–Kier alpha value is -0.320. The molecule has 2 fully saturated rings. The van der Waals surface area contributed by atoms with Crippen LogP contribution in [0.4, 0.5) is 0 Å². The number of amides is 1. The second kappa shape index (κ2) is 7.19. The van der Waals surface area contributed by atoms with Crippen molar-refractivity contribution < 1.29 is 9.90 Å². The summed E-state index contributed by atoms with van der Waals surface area (Å²) in [4.78, 5) is 11.9. The highest BCUT2D eigenvalue weighted by molar-refractivity contribution is 5.85. The molecule has 1 aliphatic heterocycles. The highest BCUT2D eigenvalue weighted by atomic mass is 35.5. The molecule has 5 heteroatoms. The third-order valence-corrected chi connectivity index (χ3v) is 3.72. The van der Waals surface area contributed by atoms with E-state index in [1.165, 1.54) is 0 Å². The van der Waals surface area contributed by atoms with Gasteiger partial charge in [0.05, 0.1) is 18.1 Å². The molecule has 1 unspecified atom stereocenters. The van der Waals surface area contributed by atoms with E-state index in [9.17, 15) is 9.90 Å². The minimum atomic E-state index is -0.339. The van der Waals surface area contributed by atoms with Crippen molar-refractivity contribution in [3.63, 3.8) is 0 Å². The van der Waals surface area contributed by atoms with Crippen LogP contribution in [-0.2, 0) is 4.79 Å². The van der Waals surface area contributed by atoms with Crippen LogP contribution in [0.2, 0.25) is 0 Å². The highest BCUT2D eigenvalue weighted by Gasteiger charge is 2.28. The Labute approximate surface area is 109 Å². The average Bonchev–Trinajstić information content (AvgIpc) is 2.33. The van der Waals surface area contributed by atoms with Gasteiger partial charge in [-0.25, -0.2) is 0 Å². The van der Waals surface area contributed by atoms with Crippen LogP contribution in [0, 0.1) is 5.92 Å². The zero-order valence-electron chi connectivity index (χ0n) is 10.2. The van der Waals surface area contributed by atoms with Crippen molar-refractivity contribution in [2.24, 2.45) is 5.92 Å². The predicted octanol–water partition coefficient (Wildman–Crippen LogP) is 0.827. The van der Waals surface area contributed by atoms with Gasteiger partial charge in [0.1, 0.15) is 0 Å². The van der Waals surface area contributed by atoms with Crippen molar-refractivity contribution in [2.45, 2.75) is 50.7 Å². The average molecular weight is 263 g/mol. The van der Waals surface area contributed by atoms with Gasteiger partial charge in [0.25, 0.3) is 0 Å². The number of hydrogen-bond donors (Lipinski definition) is 3. The largest absolute Gasteiger partial charge is 0.391 e. The molecule has 4 nitrogen and oxygen atoms in total. The van der Waals surface area contributed by atoms with Crippen LogP contribution in [0.1, 0.15) is 38.5 Å². The molecule has 1 amide bonds. The molecule has 1 aliphatic carbocycles. The maximum absolute atomic E-state index is 11.9. The molecule has 3 N–H and O–H groups in total. The monoisotopic (exact) mass is 262 g/mol. The van der Waals surface area contributed by atoms with Crippen LogP contribution in [0.3, 0.4) is 0 Å². The smallest absolute Gasteiger partial charge is 0.224 e. The van der Waals surface area contributed by atoms with Crippen LogP contribution in [0.15, 0.2) is 0 Å². The van der Waals surface area contributed by atoms with Gasteiger partial charge in [-0.3, -0.25) is 4.79 Å². The Morgan fingerprint density at radius 3 is 2.59 bits per heavy atom. The van der Waals surface area contributed by atoms with Gasteiger partial charge in [-0.2, -0.15) is 0 Å². The number of aliphatic hydroxyl groups excluding tert-OH is 1. The quantitative estimate of drug-likeness (QED) is 0.691. The van der Waals surface area contributed by atoms with E-state index in [1.54, 1.807) is 0 Å². The summed E-state index contributed by atoms with van der Waals surface area (Å²) in [5, 5.41) is 16.0. The van der Waals surface area contributed by atoms with Crippen LogP contribution in [-0.4, -0.2) is 36.2 Å². The lowest BCUT2D eigenvalue weighted by Gasteiger charge is -2.31. The minimum Gasteiger partial charge on any atom is -0.391 e. The van der Waals surface area contributed by atoms with E-state index < -0.39 is 0 Å². The van der Waals surface area contributed by atoms with Gasteiger partial charge in [0, 0.05) is 6.54 Å². The number of hydrogen-bond acceptors (Lipinski definition) is 3. The number of carbonyl (C=O) groups is 1. The summed E-state index contributed by atoms with van der Waals surface area (Å²) in [6, 6.07) is -0.0109. The molecule has 0 spiro atoms. The first-order valence-corrected chi connectivity index (χ1v) is 6.46. The summed E-state index contributed by atoms with van der Waals surface area (Å²) < 4.78 is 0. The van der Waals surface area contributed by atoms with Gasteiger partial charge in [0.2, 0.25) is 5.91 Å².